The molecule has 0 aliphatic carbocycles. The fraction of sp³-hybridized carbons (Fsp3) is 0.667. The average molecular weight is 248 g/mol. The summed E-state index contributed by atoms with van der Waals surface area (Å²) >= 11 is 0. The Hall–Kier alpha value is -0.930. The SMILES string of the molecule is Cc1cccnc1C(N)C1CC(C)(C)OC1(C)C. The van der Waals surface area contributed by atoms with Crippen molar-refractivity contribution in [1.82, 2.24) is 4.98 Å². The number of hydrogen-bond acceptors (Lipinski definition) is 3. The first-order valence-corrected chi connectivity index (χ1v) is 6.60. The van der Waals surface area contributed by atoms with Gasteiger partial charge in [0.05, 0.1) is 22.9 Å². The molecule has 2 N–H and O–H groups in total. The number of nitrogens with zero attached hydrogens (tertiary/aromatic N) is 1. The van der Waals surface area contributed by atoms with Gasteiger partial charge in [-0.05, 0) is 52.7 Å². The minimum atomic E-state index is -0.202. The molecule has 2 atom stereocenters. The first kappa shape index (κ1) is 13.5. The highest BCUT2D eigenvalue weighted by Gasteiger charge is 2.48. The molecule has 0 spiro atoms. The summed E-state index contributed by atoms with van der Waals surface area (Å²) < 4.78 is 6.12. The summed E-state index contributed by atoms with van der Waals surface area (Å²) in [5.41, 5.74) is 8.31. The van der Waals surface area contributed by atoms with Gasteiger partial charge in [-0.2, -0.15) is 0 Å². The fourth-order valence-electron chi connectivity index (χ4n) is 3.20. The Morgan fingerprint density at radius 1 is 1.39 bits per heavy atom. The highest BCUT2D eigenvalue weighted by atomic mass is 16.5. The number of nitrogens with two attached hydrogens (primary N) is 1. The van der Waals surface area contributed by atoms with Gasteiger partial charge < -0.3 is 10.5 Å². The smallest absolute Gasteiger partial charge is 0.0681 e. The second-order valence-electron chi connectivity index (χ2n) is 6.51. The van der Waals surface area contributed by atoms with Crippen LogP contribution < -0.4 is 5.73 Å². The van der Waals surface area contributed by atoms with Crippen LogP contribution in [-0.4, -0.2) is 16.2 Å². The van der Waals surface area contributed by atoms with Crippen LogP contribution in [0.1, 0.15) is 51.4 Å². The van der Waals surface area contributed by atoms with E-state index in [1.807, 2.05) is 12.3 Å². The Balaban J connectivity index is 2.30. The van der Waals surface area contributed by atoms with Gasteiger partial charge in [-0.1, -0.05) is 6.07 Å². The van der Waals surface area contributed by atoms with Crippen LogP contribution in [0.25, 0.3) is 0 Å². The zero-order valence-electron chi connectivity index (χ0n) is 12.0. The molecule has 0 radical (unpaired) electrons. The lowest BCUT2D eigenvalue weighted by atomic mass is 9.80. The van der Waals surface area contributed by atoms with E-state index < -0.39 is 0 Å². The van der Waals surface area contributed by atoms with E-state index in [1.165, 1.54) is 0 Å². The fourth-order valence-corrected chi connectivity index (χ4v) is 3.20. The standard InChI is InChI=1S/C15H24N2O/c1-10-7-6-8-17-13(10)12(16)11-9-14(2,3)18-15(11,4)5/h6-8,11-12H,9,16H2,1-5H3. The van der Waals surface area contributed by atoms with Crippen molar-refractivity contribution in [3.05, 3.63) is 29.6 Å². The molecule has 1 fully saturated rings. The van der Waals surface area contributed by atoms with Gasteiger partial charge in [-0.15, -0.1) is 0 Å². The van der Waals surface area contributed by atoms with Gasteiger partial charge >= 0.3 is 0 Å². The second kappa shape index (κ2) is 4.32. The summed E-state index contributed by atoms with van der Waals surface area (Å²) in [7, 11) is 0. The minimum absolute atomic E-state index is 0.0667. The third kappa shape index (κ3) is 2.43. The summed E-state index contributed by atoms with van der Waals surface area (Å²) in [4.78, 5) is 4.46. The van der Waals surface area contributed by atoms with E-state index in [0.717, 1.165) is 17.7 Å². The number of ether oxygens (including phenoxy) is 1. The van der Waals surface area contributed by atoms with Crippen LogP contribution in [0.3, 0.4) is 0 Å². The van der Waals surface area contributed by atoms with Crippen LogP contribution >= 0.6 is 0 Å². The zero-order valence-corrected chi connectivity index (χ0v) is 12.0. The lowest BCUT2D eigenvalue weighted by Crippen LogP contribution is -2.36. The topological polar surface area (TPSA) is 48.1 Å². The quantitative estimate of drug-likeness (QED) is 0.875. The molecular weight excluding hydrogens is 224 g/mol. The van der Waals surface area contributed by atoms with Crippen molar-refractivity contribution in [2.24, 2.45) is 11.7 Å². The lowest BCUT2D eigenvalue weighted by Gasteiger charge is -2.31. The molecule has 100 valence electrons. The van der Waals surface area contributed by atoms with Gasteiger partial charge in [-0.25, -0.2) is 0 Å². The van der Waals surface area contributed by atoms with Crippen molar-refractivity contribution in [3.63, 3.8) is 0 Å². The highest BCUT2D eigenvalue weighted by molar-refractivity contribution is 5.23. The molecule has 2 unspecified atom stereocenters. The van der Waals surface area contributed by atoms with Gasteiger partial charge in [0.1, 0.15) is 0 Å². The Bertz CT molecular complexity index is 440. The Morgan fingerprint density at radius 2 is 2.06 bits per heavy atom. The van der Waals surface area contributed by atoms with Crippen LogP contribution in [0.5, 0.6) is 0 Å². The molecule has 1 saturated heterocycles. The number of aryl methyl sites for hydroxylation is 1. The van der Waals surface area contributed by atoms with Gasteiger partial charge in [0.25, 0.3) is 0 Å². The molecule has 0 amide bonds. The average Bonchev–Trinajstić information content (AvgIpc) is 2.46. The maximum atomic E-state index is 6.46. The molecule has 18 heavy (non-hydrogen) atoms. The van der Waals surface area contributed by atoms with E-state index in [4.69, 9.17) is 10.5 Å². The molecule has 0 aromatic carbocycles. The van der Waals surface area contributed by atoms with Gasteiger partial charge in [0.2, 0.25) is 0 Å². The van der Waals surface area contributed by atoms with Crippen LogP contribution in [0.15, 0.2) is 18.3 Å². The van der Waals surface area contributed by atoms with Crippen LogP contribution in [-0.2, 0) is 4.74 Å². The number of aromatic nitrogens is 1. The lowest BCUT2D eigenvalue weighted by molar-refractivity contribution is -0.0768. The molecule has 3 heteroatoms. The normalized spacial score (nSPS) is 27.1. The van der Waals surface area contributed by atoms with E-state index in [1.54, 1.807) is 0 Å². The van der Waals surface area contributed by atoms with Crippen LogP contribution in [0.2, 0.25) is 0 Å². The number of rotatable bonds is 2. The molecule has 1 aromatic heterocycles. The van der Waals surface area contributed by atoms with Crippen molar-refractivity contribution in [1.29, 1.82) is 0 Å². The third-order valence-electron chi connectivity index (χ3n) is 3.94. The predicted molar refractivity (Wildman–Crippen MR) is 73.3 cm³/mol. The first-order chi connectivity index (χ1) is 8.23. The van der Waals surface area contributed by atoms with Crippen LogP contribution in [0, 0.1) is 12.8 Å². The van der Waals surface area contributed by atoms with E-state index in [-0.39, 0.29) is 17.2 Å². The van der Waals surface area contributed by atoms with Crippen molar-refractivity contribution >= 4 is 0 Å². The molecular formula is C15H24N2O. The number of hydrogen-bond donors (Lipinski definition) is 1. The number of pyridine rings is 1. The molecule has 1 aliphatic rings. The first-order valence-electron chi connectivity index (χ1n) is 6.60. The van der Waals surface area contributed by atoms with Crippen molar-refractivity contribution < 1.29 is 4.74 Å². The summed E-state index contributed by atoms with van der Waals surface area (Å²) in [6.07, 6.45) is 2.79. The van der Waals surface area contributed by atoms with Crippen molar-refractivity contribution in [3.8, 4) is 0 Å². The molecule has 1 aromatic rings. The summed E-state index contributed by atoms with van der Waals surface area (Å²) in [5, 5.41) is 0. The van der Waals surface area contributed by atoms with E-state index >= 15 is 0 Å². The zero-order chi connectivity index (χ0) is 13.6. The summed E-state index contributed by atoms with van der Waals surface area (Å²) in [6, 6.07) is 3.95. The Morgan fingerprint density at radius 3 is 2.56 bits per heavy atom. The Labute approximate surface area is 110 Å². The maximum Gasteiger partial charge on any atom is 0.0681 e. The van der Waals surface area contributed by atoms with E-state index in [0.29, 0.717) is 5.92 Å². The maximum absolute atomic E-state index is 6.46. The molecule has 2 heterocycles. The van der Waals surface area contributed by atoms with Crippen molar-refractivity contribution in [2.45, 2.75) is 58.3 Å². The molecule has 3 nitrogen and oxygen atoms in total. The third-order valence-corrected chi connectivity index (χ3v) is 3.94. The second-order valence-corrected chi connectivity index (χ2v) is 6.51. The summed E-state index contributed by atoms with van der Waals surface area (Å²) in [6.45, 7) is 10.6. The van der Waals surface area contributed by atoms with E-state index in [9.17, 15) is 0 Å². The monoisotopic (exact) mass is 248 g/mol. The molecule has 1 aliphatic heterocycles. The van der Waals surface area contributed by atoms with E-state index in [2.05, 4.69) is 45.7 Å². The van der Waals surface area contributed by atoms with Gasteiger partial charge in [-0.3, -0.25) is 4.98 Å². The predicted octanol–water partition coefficient (Wildman–Crippen LogP) is 2.98. The van der Waals surface area contributed by atoms with Crippen LogP contribution in [0.4, 0.5) is 0 Å². The van der Waals surface area contributed by atoms with Crippen molar-refractivity contribution in [2.75, 3.05) is 0 Å². The molecule has 2 rings (SSSR count). The van der Waals surface area contributed by atoms with Gasteiger partial charge in [0, 0.05) is 12.1 Å². The van der Waals surface area contributed by atoms with Gasteiger partial charge in [0.15, 0.2) is 0 Å². The minimum Gasteiger partial charge on any atom is -0.369 e. The molecule has 0 saturated carbocycles. The largest absolute Gasteiger partial charge is 0.369 e. The Kier molecular flexibility index (Phi) is 3.24. The molecule has 0 bridgehead atoms. The highest BCUT2D eigenvalue weighted by Crippen LogP contribution is 2.46. The summed E-state index contributed by atoms with van der Waals surface area (Å²) in [5.74, 6) is 0.293.